The third-order valence-electron chi connectivity index (χ3n) is 4.06. The third-order valence-corrected chi connectivity index (χ3v) is 5.07. The fourth-order valence-corrected chi connectivity index (χ4v) is 3.65. The van der Waals surface area contributed by atoms with Gasteiger partial charge < -0.3 is 9.64 Å². The van der Waals surface area contributed by atoms with E-state index in [9.17, 15) is 9.59 Å². The number of thiophene rings is 1. The van der Waals surface area contributed by atoms with E-state index in [4.69, 9.17) is 4.74 Å². The molecule has 0 radical (unpaired) electrons. The van der Waals surface area contributed by atoms with Crippen molar-refractivity contribution < 1.29 is 14.3 Å². The van der Waals surface area contributed by atoms with E-state index in [1.807, 2.05) is 48.7 Å². The second-order valence-corrected chi connectivity index (χ2v) is 6.57. The Morgan fingerprint density at radius 3 is 2.74 bits per heavy atom. The van der Waals surface area contributed by atoms with E-state index in [0.29, 0.717) is 31.7 Å². The minimum Gasteiger partial charge on any atom is -0.377 e. The molecule has 1 saturated heterocycles. The van der Waals surface area contributed by atoms with Crippen molar-refractivity contribution in [1.82, 2.24) is 4.90 Å². The van der Waals surface area contributed by atoms with E-state index in [0.717, 1.165) is 10.4 Å². The summed E-state index contributed by atoms with van der Waals surface area (Å²) in [6.07, 6.45) is 0.292. The molecular weight excluding hydrogens is 310 g/mol. The molecule has 0 spiro atoms. The summed E-state index contributed by atoms with van der Waals surface area (Å²) in [6.45, 7) is 3.40. The summed E-state index contributed by atoms with van der Waals surface area (Å²) < 4.78 is 5.50. The van der Waals surface area contributed by atoms with Crippen LogP contribution < -0.4 is 0 Å². The molecule has 0 aliphatic carbocycles. The summed E-state index contributed by atoms with van der Waals surface area (Å²) >= 11 is 1.45. The molecule has 1 atom stereocenters. The Morgan fingerprint density at radius 2 is 2.04 bits per heavy atom. The average molecular weight is 329 g/mol. The predicted octanol–water partition coefficient (Wildman–Crippen LogP) is 3.17. The maximum atomic E-state index is 12.8. The number of hydrogen-bond acceptors (Lipinski definition) is 4. The standard InChI is InChI=1S/C18H19NO3S/c1-13-7-10-23-17(13)18(21)19-8-9-22-12-15(19)11-16(20)14-5-3-2-4-6-14/h2-7,10,15H,8-9,11-12H2,1H3/t15-/m1/s1. The molecule has 2 aromatic rings. The van der Waals surface area contributed by atoms with Crippen LogP contribution in [0.3, 0.4) is 0 Å². The second kappa shape index (κ2) is 7.06. The molecule has 0 saturated carbocycles. The van der Waals surface area contributed by atoms with Gasteiger partial charge in [-0.15, -0.1) is 11.3 Å². The number of ether oxygens (including phenoxy) is 1. The lowest BCUT2D eigenvalue weighted by molar-refractivity contribution is -0.00258. The first-order chi connectivity index (χ1) is 11.2. The lowest BCUT2D eigenvalue weighted by Crippen LogP contribution is -2.49. The van der Waals surface area contributed by atoms with Gasteiger partial charge in [-0.25, -0.2) is 0 Å². The molecule has 5 heteroatoms. The quantitative estimate of drug-likeness (QED) is 0.810. The number of nitrogens with zero attached hydrogens (tertiary/aromatic N) is 1. The zero-order valence-electron chi connectivity index (χ0n) is 13.0. The number of ketones is 1. The van der Waals surface area contributed by atoms with Crippen LogP contribution in [0, 0.1) is 6.92 Å². The largest absolute Gasteiger partial charge is 0.377 e. The van der Waals surface area contributed by atoms with Crippen LogP contribution in [0.4, 0.5) is 0 Å². The number of carbonyl (C=O) groups is 2. The number of morpholine rings is 1. The van der Waals surface area contributed by atoms with Crippen LogP contribution >= 0.6 is 11.3 Å². The monoisotopic (exact) mass is 329 g/mol. The van der Waals surface area contributed by atoms with Crippen LogP contribution in [0.5, 0.6) is 0 Å². The summed E-state index contributed by atoms with van der Waals surface area (Å²) in [5.74, 6) is 0.0495. The van der Waals surface area contributed by atoms with Gasteiger partial charge in [-0.1, -0.05) is 30.3 Å². The zero-order valence-corrected chi connectivity index (χ0v) is 13.8. The number of aryl methyl sites for hydroxylation is 1. The van der Waals surface area contributed by atoms with Gasteiger partial charge in [0.25, 0.3) is 5.91 Å². The van der Waals surface area contributed by atoms with Gasteiger partial charge in [0.1, 0.15) is 0 Å². The van der Waals surface area contributed by atoms with Crippen LogP contribution in [0.25, 0.3) is 0 Å². The van der Waals surface area contributed by atoms with E-state index in [1.165, 1.54) is 11.3 Å². The van der Waals surface area contributed by atoms with Crippen LogP contribution in [0.2, 0.25) is 0 Å². The van der Waals surface area contributed by atoms with Gasteiger partial charge in [-0.3, -0.25) is 9.59 Å². The summed E-state index contributed by atoms with van der Waals surface area (Å²) in [5.41, 5.74) is 1.66. The smallest absolute Gasteiger partial charge is 0.264 e. The Hall–Kier alpha value is -1.98. The number of hydrogen-bond donors (Lipinski definition) is 0. The molecule has 1 aromatic heterocycles. The molecule has 1 aromatic carbocycles. The maximum Gasteiger partial charge on any atom is 0.264 e. The van der Waals surface area contributed by atoms with Crippen molar-refractivity contribution in [2.45, 2.75) is 19.4 Å². The molecule has 0 N–H and O–H groups in total. The van der Waals surface area contributed by atoms with E-state index in [2.05, 4.69) is 0 Å². The Labute approximate surface area is 139 Å². The Balaban J connectivity index is 1.75. The van der Waals surface area contributed by atoms with Crippen LogP contribution in [-0.4, -0.2) is 42.4 Å². The molecule has 1 aliphatic heterocycles. The third kappa shape index (κ3) is 3.51. The second-order valence-electron chi connectivity index (χ2n) is 5.65. The summed E-state index contributed by atoms with van der Waals surface area (Å²) in [4.78, 5) is 27.8. The number of rotatable bonds is 4. The first-order valence-corrected chi connectivity index (χ1v) is 8.56. The topological polar surface area (TPSA) is 46.6 Å². The van der Waals surface area contributed by atoms with Gasteiger partial charge in [0.15, 0.2) is 5.78 Å². The molecular formula is C18H19NO3S. The predicted molar refractivity (Wildman–Crippen MR) is 90.1 cm³/mol. The maximum absolute atomic E-state index is 12.8. The minimum absolute atomic E-state index is 0.00617. The van der Waals surface area contributed by atoms with E-state index < -0.39 is 0 Å². The van der Waals surface area contributed by atoms with Gasteiger partial charge >= 0.3 is 0 Å². The molecule has 0 bridgehead atoms. The molecule has 1 fully saturated rings. The van der Waals surface area contributed by atoms with Crippen LogP contribution in [-0.2, 0) is 4.74 Å². The normalized spacial score (nSPS) is 18.0. The van der Waals surface area contributed by atoms with E-state index in [1.54, 1.807) is 4.90 Å². The lowest BCUT2D eigenvalue weighted by atomic mass is 10.0. The Kier molecular flexibility index (Phi) is 4.88. The first kappa shape index (κ1) is 15.9. The number of Topliss-reactive ketones (excluding diaryl/α,β-unsaturated/α-hetero) is 1. The summed E-state index contributed by atoms with van der Waals surface area (Å²) in [7, 11) is 0. The SMILES string of the molecule is Cc1ccsc1C(=O)N1CCOC[C@H]1CC(=O)c1ccccc1. The molecule has 4 nitrogen and oxygen atoms in total. The number of benzene rings is 1. The highest BCUT2D eigenvalue weighted by atomic mass is 32.1. The Morgan fingerprint density at radius 1 is 1.26 bits per heavy atom. The highest BCUT2D eigenvalue weighted by Crippen LogP contribution is 2.22. The van der Waals surface area contributed by atoms with Gasteiger partial charge in [-0.05, 0) is 23.9 Å². The molecule has 0 unspecified atom stereocenters. The zero-order chi connectivity index (χ0) is 16.2. The molecule has 23 heavy (non-hydrogen) atoms. The fourth-order valence-electron chi connectivity index (χ4n) is 2.77. The van der Waals surface area contributed by atoms with Crippen LogP contribution in [0.1, 0.15) is 32.0 Å². The van der Waals surface area contributed by atoms with Crippen molar-refractivity contribution in [3.05, 3.63) is 57.8 Å². The molecule has 120 valence electrons. The Bertz CT molecular complexity index is 695. The number of amides is 1. The summed E-state index contributed by atoms with van der Waals surface area (Å²) in [6, 6.07) is 10.9. The molecule has 3 rings (SSSR count). The van der Waals surface area contributed by atoms with Gasteiger partial charge in [-0.2, -0.15) is 0 Å². The number of carbonyl (C=O) groups excluding carboxylic acids is 2. The van der Waals surface area contributed by atoms with Crippen LogP contribution in [0.15, 0.2) is 41.8 Å². The highest BCUT2D eigenvalue weighted by Gasteiger charge is 2.31. The fraction of sp³-hybridized carbons (Fsp3) is 0.333. The van der Waals surface area contributed by atoms with E-state index >= 15 is 0 Å². The highest BCUT2D eigenvalue weighted by molar-refractivity contribution is 7.12. The van der Waals surface area contributed by atoms with Crippen molar-refractivity contribution in [1.29, 1.82) is 0 Å². The van der Waals surface area contributed by atoms with Gasteiger partial charge in [0.2, 0.25) is 0 Å². The molecule has 2 heterocycles. The first-order valence-electron chi connectivity index (χ1n) is 7.68. The van der Waals surface area contributed by atoms with Gasteiger partial charge in [0.05, 0.1) is 24.1 Å². The van der Waals surface area contributed by atoms with E-state index in [-0.39, 0.29) is 17.7 Å². The van der Waals surface area contributed by atoms with Crippen molar-refractivity contribution in [3.63, 3.8) is 0 Å². The average Bonchev–Trinajstić information content (AvgIpc) is 3.01. The summed E-state index contributed by atoms with van der Waals surface area (Å²) in [5, 5.41) is 1.92. The van der Waals surface area contributed by atoms with Gasteiger partial charge in [0, 0.05) is 18.5 Å². The van der Waals surface area contributed by atoms with Crippen molar-refractivity contribution in [3.8, 4) is 0 Å². The van der Waals surface area contributed by atoms with Crippen molar-refractivity contribution >= 4 is 23.0 Å². The molecule has 1 amide bonds. The minimum atomic E-state index is -0.203. The lowest BCUT2D eigenvalue weighted by Gasteiger charge is -2.35. The van der Waals surface area contributed by atoms with Crippen molar-refractivity contribution in [2.75, 3.05) is 19.8 Å². The van der Waals surface area contributed by atoms with Crippen molar-refractivity contribution in [2.24, 2.45) is 0 Å². The molecule has 1 aliphatic rings.